The standard InChI is InChI=1S/C19H24N2O3S/c1-13(2)12-20-19(22)16-7-5-6-8-17(16)21-25(23,24)18-10-9-14(3)11-15(18)4/h5-11,13,21H,12H2,1-4H3,(H,20,22). The second kappa shape index (κ2) is 7.70. The highest BCUT2D eigenvalue weighted by Crippen LogP contribution is 2.23. The van der Waals surface area contributed by atoms with Crippen LogP contribution in [0.15, 0.2) is 47.4 Å². The van der Waals surface area contributed by atoms with Crippen LogP contribution in [0.1, 0.15) is 35.3 Å². The van der Waals surface area contributed by atoms with Gasteiger partial charge < -0.3 is 5.32 Å². The molecule has 0 radical (unpaired) electrons. The molecule has 0 aliphatic rings. The number of aryl methyl sites for hydroxylation is 2. The molecule has 25 heavy (non-hydrogen) atoms. The Hall–Kier alpha value is -2.34. The van der Waals surface area contributed by atoms with Gasteiger partial charge in [0, 0.05) is 6.54 Å². The zero-order valence-electron chi connectivity index (χ0n) is 15.0. The zero-order chi connectivity index (χ0) is 18.6. The summed E-state index contributed by atoms with van der Waals surface area (Å²) in [6.07, 6.45) is 0. The lowest BCUT2D eigenvalue weighted by Crippen LogP contribution is -2.28. The first kappa shape index (κ1) is 19.0. The van der Waals surface area contributed by atoms with E-state index in [1.807, 2.05) is 26.8 Å². The first-order chi connectivity index (χ1) is 11.7. The van der Waals surface area contributed by atoms with Gasteiger partial charge in [0.25, 0.3) is 15.9 Å². The second-order valence-corrected chi connectivity index (χ2v) is 8.17. The van der Waals surface area contributed by atoms with Crippen LogP contribution in [-0.2, 0) is 10.0 Å². The molecule has 0 aromatic heterocycles. The van der Waals surface area contributed by atoms with E-state index >= 15 is 0 Å². The third-order valence-electron chi connectivity index (χ3n) is 3.71. The Balaban J connectivity index is 2.32. The van der Waals surface area contributed by atoms with Crippen LogP contribution in [0.3, 0.4) is 0 Å². The molecule has 0 spiro atoms. The number of nitrogens with one attached hydrogen (secondary N) is 2. The molecule has 1 amide bonds. The maximum Gasteiger partial charge on any atom is 0.262 e. The molecule has 0 fully saturated rings. The molecule has 0 unspecified atom stereocenters. The third kappa shape index (κ3) is 4.82. The Morgan fingerprint density at radius 3 is 2.40 bits per heavy atom. The van der Waals surface area contributed by atoms with Gasteiger partial charge in [0.1, 0.15) is 0 Å². The zero-order valence-corrected chi connectivity index (χ0v) is 15.8. The Morgan fingerprint density at radius 2 is 1.76 bits per heavy atom. The van der Waals surface area contributed by atoms with Gasteiger partial charge in [0.05, 0.1) is 16.1 Å². The first-order valence-electron chi connectivity index (χ1n) is 8.18. The van der Waals surface area contributed by atoms with Crippen molar-refractivity contribution in [3.05, 3.63) is 59.2 Å². The van der Waals surface area contributed by atoms with E-state index in [2.05, 4.69) is 10.0 Å². The average molecular weight is 360 g/mol. The van der Waals surface area contributed by atoms with Crippen molar-refractivity contribution in [1.82, 2.24) is 5.32 Å². The van der Waals surface area contributed by atoms with E-state index in [-0.39, 0.29) is 16.5 Å². The van der Waals surface area contributed by atoms with Crippen LogP contribution in [-0.4, -0.2) is 20.9 Å². The van der Waals surface area contributed by atoms with E-state index in [0.29, 0.717) is 23.6 Å². The molecule has 0 heterocycles. The van der Waals surface area contributed by atoms with Crippen molar-refractivity contribution in [2.45, 2.75) is 32.6 Å². The van der Waals surface area contributed by atoms with E-state index < -0.39 is 10.0 Å². The number of carbonyl (C=O) groups excluding carboxylic acids is 1. The van der Waals surface area contributed by atoms with Gasteiger partial charge in [-0.3, -0.25) is 9.52 Å². The number of hydrogen-bond acceptors (Lipinski definition) is 3. The van der Waals surface area contributed by atoms with Crippen molar-refractivity contribution < 1.29 is 13.2 Å². The van der Waals surface area contributed by atoms with Crippen molar-refractivity contribution in [2.75, 3.05) is 11.3 Å². The topological polar surface area (TPSA) is 75.3 Å². The molecule has 5 nitrogen and oxygen atoms in total. The van der Waals surface area contributed by atoms with E-state index in [0.717, 1.165) is 5.56 Å². The van der Waals surface area contributed by atoms with Crippen LogP contribution in [0.2, 0.25) is 0 Å². The summed E-state index contributed by atoms with van der Waals surface area (Å²) in [6.45, 7) is 8.18. The molecular formula is C19H24N2O3S. The number of amides is 1. The van der Waals surface area contributed by atoms with Crippen molar-refractivity contribution in [3.8, 4) is 0 Å². The smallest absolute Gasteiger partial charge is 0.262 e. The molecule has 0 saturated carbocycles. The summed E-state index contributed by atoms with van der Waals surface area (Å²) in [6, 6.07) is 11.7. The lowest BCUT2D eigenvalue weighted by Gasteiger charge is -2.15. The SMILES string of the molecule is Cc1ccc(S(=O)(=O)Nc2ccccc2C(=O)NCC(C)C)c(C)c1. The van der Waals surface area contributed by atoms with Crippen molar-refractivity contribution >= 4 is 21.6 Å². The van der Waals surface area contributed by atoms with Gasteiger partial charge in [-0.15, -0.1) is 0 Å². The predicted octanol–water partition coefficient (Wildman–Crippen LogP) is 3.49. The summed E-state index contributed by atoms with van der Waals surface area (Å²) < 4.78 is 28.0. The van der Waals surface area contributed by atoms with E-state index in [9.17, 15) is 13.2 Å². The van der Waals surface area contributed by atoms with Crippen molar-refractivity contribution in [3.63, 3.8) is 0 Å². The first-order valence-corrected chi connectivity index (χ1v) is 9.66. The molecule has 0 aliphatic heterocycles. The minimum absolute atomic E-state index is 0.204. The number of rotatable bonds is 6. The fourth-order valence-corrected chi connectivity index (χ4v) is 3.77. The van der Waals surface area contributed by atoms with Gasteiger partial charge in [-0.05, 0) is 43.5 Å². The summed E-state index contributed by atoms with van der Waals surface area (Å²) in [5.41, 5.74) is 2.22. The minimum atomic E-state index is -3.78. The quantitative estimate of drug-likeness (QED) is 0.828. The lowest BCUT2D eigenvalue weighted by atomic mass is 10.1. The Labute approximate surface area is 149 Å². The summed E-state index contributed by atoms with van der Waals surface area (Å²) >= 11 is 0. The van der Waals surface area contributed by atoms with Crippen LogP contribution >= 0.6 is 0 Å². The molecule has 6 heteroatoms. The fourth-order valence-electron chi connectivity index (χ4n) is 2.46. The Bertz CT molecular complexity index is 874. The Morgan fingerprint density at radius 1 is 1.08 bits per heavy atom. The molecular weight excluding hydrogens is 336 g/mol. The van der Waals surface area contributed by atoms with Crippen LogP contribution in [0, 0.1) is 19.8 Å². The van der Waals surface area contributed by atoms with Crippen molar-refractivity contribution in [2.24, 2.45) is 5.92 Å². The highest BCUT2D eigenvalue weighted by Gasteiger charge is 2.20. The molecule has 134 valence electrons. The molecule has 0 atom stereocenters. The maximum atomic E-state index is 12.7. The molecule has 2 aromatic rings. The molecule has 2 aromatic carbocycles. The molecule has 0 aliphatic carbocycles. The minimum Gasteiger partial charge on any atom is -0.352 e. The van der Waals surface area contributed by atoms with E-state index in [1.54, 1.807) is 43.3 Å². The molecule has 2 rings (SSSR count). The Kier molecular flexibility index (Phi) is 5.85. The predicted molar refractivity (Wildman–Crippen MR) is 100 cm³/mol. The molecule has 0 saturated heterocycles. The van der Waals surface area contributed by atoms with Gasteiger partial charge in [-0.25, -0.2) is 8.42 Å². The second-order valence-electron chi connectivity index (χ2n) is 6.52. The van der Waals surface area contributed by atoms with Gasteiger partial charge in [-0.1, -0.05) is 43.7 Å². The maximum absolute atomic E-state index is 12.7. The third-order valence-corrected chi connectivity index (χ3v) is 5.23. The van der Waals surface area contributed by atoms with Crippen LogP contribution in [0.5, 0.6) is 0 Å². The monoisotopic (exact) mass is 360 g/mol. The number of benzene rings is 2. The van der Waals surface area contributed by atoms with E-state index in [4.69, 9.17) is 0 Å². The van der Waals surface area contributed by atoms with Gasteiger partial charge in [0.15, 0.2) is 0 Å². The van der Waals surface area contributed by atoms with Crippen LogP contribution < -0.4 is 10.0 Å². The number of carbonyl (C=O) groups is 1. The van der Waals surface area contributed by atoms with Gasteiger partial charge >= 0.3 is 0 Å². The number of sulfonamides is 1. The largest absolute Gasteiger partial charge is 0.352 e. The molecule has 2 N–H and O–H groups in total. The normalized spacial score (nSPS) is 11.4. The van der Waals surface area contributed by atoms with Crippen LogP contribution in [0.4, 0.5) is 5.69 Å². The van der Waals surface area contributed by atoms with Crippen molar-refractivity contribution in [1.29, 1.82) is 0 Å². The summed E-state index contributed by atoms with van der Waals surface area (Å²) in [5, 5.41) is 2.81. The molecule has 0 bridgehead atoms. The lowest BCUT2D eigenvalue weighted by molar-refractivity contribution is 0.0950. The van der Waals surface area contributed by atoms with E-state index in [1.165, 1.54) is 0 Å². The number of anilines is 1. The highest BCUT2D eigenvalue weighted by atomic mass is 32.2. The summed E-state index contributed by atoms with van der Waals surface area (Å²) in [7, 11) is -3.78. The summed E-state index contributed by atoms with van der Waals surface area (Å²) in [4.78, 5) is 12.6. The highest BCUT2D eigenvalue weighted by molar-refractivity contribution is 7.92. The average Bonchev–Trinajstić information content (AvgIpc) is 2.52. The number of para-hydroxylation sites is 1. The summed E-state index contributed by atoms with van der Waals surface area (Å²) in [5.74, 6) is 0.00985. The number of hydrogen-bond donors (Lipinski definition) is 2. The fraction of sp³-hybridized carbons (Fsp3) is 0.316. The van der Waals surface area contributed by atoms with Crippen LogP contribution in [0.25, 0.3) is 0 Å². The van der Waals surface area contributed by atoms with Gasteiger partial charge in [0.2, 0.25) is 0 Å². The van der Waals surface area contributed by atoms with Gasteiger partial charge in [-0.2, -0.15) is 0 Å².